The van der Waals surface area contributed by atoms with Crippen LogP contribution in [0.1, 0.15) is 41.4 Å². The van der Waals surface area contributed by atoms with Gasteiger partial charge in [-0.15, -0.1) is 0 Å². The van der Waals surface area contributed by atoms with Gasteiger partial charge in [0, 0.05) is 43.5 Å². The predicted molar refractivity (Wildman–Crippen MR) is 99.7 cm³/mol. The molecular formula is C20H27FN4O. The van der Waals surface area contributed by atoms with Crippen LogP contribution >= 0.6 is 0 Å². The second-order valence-electron chi connectivity index (χ2n) is 7.24. The summed E-state index contributed by atoms with van der Waals surface area (Å²) in [7, 11) is 4.15. The van der Waals surface area contributed by atoms with Gasteiger partial charge in [0.1, 0.15) is 11.6 Å². The summed E-state index contributed by atoms with van der Waals surface area (Å²) < 4.78 is 15.6. The number of halogens is 1. The first-order valence-corrected chi connectivity index (χ1v) is 9.25. The van der Waals surface area contributed by atoms with Crippen molar-refractivity contribution in [2.24, 2.45) is 0 Å². The number of benzene rings is 1. The minimum Gasteiger partial charge on any atom is -0.338 e. The average molecular weight is 358 g/mol. The van der Waals surface area contributed by atoms with Gasteiger partial charge in [-0.2, -0.15) is 0 Å². The van der Waals surface area contributed by atoms with Crippen molar-refractivity contribution >= 4 is 5.91 Å². The predicted octanol–water partition coefficient (Wildman–Crippen LogP) is 2.99. The summed E-state index contributed by atoms with van der Waals surface area (Å²) in [6.07, 6.45) is 6.90. The lowest BCUT2D eigenvalue weighted by molar-refractivity contribution is 0.0702. The number of hydrogen-bond donors (Lipinski definition) is 0. The monoisotopic (exact) mass is 358 g/mol. The topological polar surface area (TPSA) is 41.4 Å². The molecule has 1 fully saturated rings. The first kappa shape index (κ1) is 18.6. The van der Waals surface area contributed by atoms with E-state index in [1.54, 1.807) is 12.1 Å². The Balaban J connectivity index is 1.67. The number of rotatable bonds is 6. The molecule has 6 heteroatoms. The van der Waals surface area contributed by atoms with Crippen LogP contribution in [0.5, 0.6) is 0 Å². The minimum absolute atomic E-state index is 0.0973. The van der Waals surface area contributed by atoms with Gasteiger partial charge >= 0.3 is 0 Å². The lowest BCUT2D eigenvalue weighted by atomic mass is 9.96. The highest BCUT2D eigenvalue weighted by molar-refractivity contribution is 5.94. The van der Waals surface area contributed by atoms with E-state index in [0.717, 1.165) is 38.2 Å². The fourth-order valence-corrected chi connectivity index (χ4v) is 3.60. The highest BCUT2D eigenvalue weighted by Gasteiger charge is 2.28. The van der Waals surface area contributed by atoms with E-state index in [1.807, 2.05) is 17.3 Å². The highest BCUT2D eigenvalue weighted by Crippen LogP contribution is 2.27. The number of likely N-dealkylation sites (tertiary alicyclic amines) is 1. The van der Waals surface area contributed by atoms with Crippen molar-refractivity contribution in [3.05, 3.63) is 53.9 Å². The van der Waals surface area contributed by atoms with E-state index in [4.69, 9.17) is 0 Å². The molecule has 1 amide bonds. The zero-order valence-electron chi connectivity index (χ0n) is 15.6. The Morgan fingerprint density at radius 2 is 2.23 bits per heavy atom. The summed E-state index contributed by atoms with van der Waals surface area (Å²) in [6.45, 7) is 3.32. The second-order valence-corrected chi connectivity index (χ2v) is 7.24. The molecule has 1 aromatic heterocycles. The van der Waals surface area contributed by atoms with E-state index < -0.39 is 0 Å². The van der Waals surface area contributed by atoms with Gasteiger partial charge in [0.25, 0.3) is 5.91 Å². The zero-order chi connectivity index (χ0) is 18.5. The molecule has 140 valence electrons. The van der Waals surface area contributed by atoms with E-state index in [2.05, 4.69) is 28.5 Å². The van der Waals surface area contributed by atoms with Gasteiger partial charge in [0.2, 0.25) is 0 Å². The smallest absolute Gasteiger partial charge is 0.253 e. The van der Waals surface area contributed by atoms with Gasteiger partial charge in [-0.3, -0.25) is 4.79 Å². The van der Waals surface area contributed by atoms with Crippen LogP contribution in [0, 0.1) is 5.82 Å². The zero-order valence-corrected chi connectivity index (χ0v) is 15.6. The van der Waals surface area contributed by atoms with E-state index in [0.29, 0.717) is 18.7 Å². The highest BCUT2D eigenvalue weighted by atomic mass is 19.1. The van der Waals surface area contributed by atoms with Gasteiger partial charge in [-0.05, 0) is 58.1 Å². The molecule has 1 atom stereocenters. The Morgan fingerprint density at radius 1 is 1.38 bits per heavy atom. The molecule has 3 rings (SSSR count). The van der Waals surface area contributed by atoms with Crippen LogP contribution in [-0.2, 0) is 6.54 Å². The van der Waals surface area contributed by atoms with Crippen LogP contribution in [0.15, 0.2) is 36.7 Å². The molecule has 1 unspecified atom stereocenters. The molecule has 1 aliphatic heterocycles. The molecule has 2 aromatic rings. The maximum Gasteiger partial charge on any atom is 0.253 e. The molecule has 0 saturated carbocycles. The first-order chi connectivity index (χ1) is 12.5. The van der Waals surface area contributed by atoms with E-state index in [1.165, 1.54) is 12.1 Å². The second kappa shape index (κ2) is 8.45. The average Bonchev–Trinajstić information content (AvgIpc) is 3.09. The van der Waals surface area contributed by atoms with E-state index >= 15 is 0 Å². The molecule has 26 heavy (non-hydrogen) atoms. The lowest BCUT2D eigenvalue weighted by Gasteiger charge is -2.33. The Kier molecular flexibility index (Phi) is 6.04. The van der Waals surface area contributed by atoms with Gasteiger partial charge in [0.15, 0.2) is 0 Å². The molecular weight excluding hydrogens is 331 g/mol. The van der Waals surface area contributed by atoms with Crippen molar-refractivity contribution in [3.63, 3.8) is 0 Å². The Bertz CT molecular complexity index is 743. The number of amides is 1. The van der Waals surface area contributed by atoms with Crippen LogP contribution in [0.4, 0.5) is 4.39 Å². The van der Waals surface area contributed by atoms with Crippen molar-refractivity contribution in [2.75, 3.05) is 33.7 Å². The number of hydrogen-bond acceptors (Lipinski definition) is 3. The molecule has 0 N–H and O–H groups in total. The van der Waals surface area contributed by atoms with Crippen LogP contribution in [0.3, 0.4) is 0 Å². The molecule has 2 heterocycles. The Morgan fingerprint density at radius 3 is 3.00 bits per heavy atom. The summed E-state index contributed by atoms with van der Waals surface area (Å²) in [5.74, 6) is 0.817. The normalized spacial score (nSPS) is 17.7. The van der Waals surface area contributed by atoms with E-state index in [-0.39, 0.29) is 17.6 Å². The van der Waals surface area contributed by atoms with Crippen molar-refractivity contribution in [2.45, 2.75) is 31.7 Å². The maximum atomic E-state index is 13.4. The molecule has 0 radical (unpaired) electrons. The fraction of sp³-hybridized carbons (Fsp3) is 0.500. The molecule has 0 bridgehead atoms. The quantitative estimate of drug-likeness (QED) is 0.797. The number of aryl methyl sites for hydroxylation is 1. The van der Waals surface area contributed by atoms with Gasteiger partial charge in [0.05, 0.1) is 0 Å². The first-order valence-electron chi connectivity index (χ1n) is 9.25. The number of carbonyl (C=O) groups is 1. The third kappa shape index (κ3) is 4.49. The standard InChI is InChI=1S/C20H27FN4O/c1-23(2)10-5-12-24-13-9-22-19(24)17-7-4-11-25(15-17)20(26)16-6-3-8-18(21)14-16/h3,6,8-9,13-14,17H,4-5,7,10-12,15H2,1-2H3. The van der Waals surface area contributed by atoms with Crippen molar-refractivity contribution < 1.29 is 9.18 Å². The summed E-state index contributed by atoms with van der Waals surface area (Å²) >= 11 is 0. The third-order valence-electron chi connectivity index (χ3n) is 4.90. The number of imidazole rings is 1. The van der Waals surface area contributed by atoms with Crippen LogP contribution in [0.2, 0.25) is 0 Å². The van der Waals surface area contributed by atoms with Crippen molar-refractivity contribution in [3.8, 4) is 0 Å². The van der Waals surface area contributed by atoms with E-state index in [9.17, 15) is 9.18 Å². The number of piperidine rings is 1. The molecule has 0 aliphatic carbocycles. The fourth-order valence-electron chi connectivity index (χ4n) is 3.60. The summed E-state index contributed by atoms with van der Waals surface area (Å²) in [5, 5.41) is 0. The molecule has 1 saturated heterocycles. The van der Waals surface area contributed by atoms with Crippen LogP contribution < -0.4 is 0 Å². The van der Waals surface area contributed by atoms with Crippen LogP contribution in [-0.4, -0.2) is 59.0 Å². The maximum absolute atomic E-state index is 13.4. The van der Waals surface area contributed by atoms with Crippen LogP contribution in [0.25, 0.3) is 0 Å². The van der Waals surface area contributed by atoms with Gasteiger partial charge < -0.3 is 14.4 Å². The Labute approximate surface area is 154 Å². The summed E-state index contributed by atoms with van der Waals surface area (Å²) in [6, 6.07) is 5.94. The number of aromatic nitrogens is 2. The van der Waals surface area contributed by atoms with Crippen molar-refractivity contribution in [1.29, 1.82) is 0 Å². The van der Waals surface area contributed by atoms with Gasteiger partial charge in [-0.25, -0.2) is 9.37 Å². The molecule has 0 spiro atoms. The largest absolute Gasteiger partial charge is 0.338 e. The molecule has 5 nitrogen and oxygen atoms in total. The third-order valence-corrected chi connectivity index (χ3v) is 4.90. The minimum atomic E-state index is -0.374. The number of carbonyl (C=O) groups excluding carboxylic acids is 1. The summed E-state index contributed by atoms with van der Waals surface area (Å²) in [4.78, 5) is 21.3. The molecule has 1 aromatic carbocycles. The van der Waals surface area contributed by atoms with Crippen molar-refractivity contribution in [1.82, 2.24) is 19.4 Å². The Hall–Kier alpha value is -2.21. The lowest BCUT2D eigenvalue weighted by Crippen LogP contribution is -2.39. The molecule has 1 aliphatic rings. The SMILES string of the molecule is CN(C)CCCn1ccnc1C1CCCN(C(=O)c2cccc(F)c2)C1. The number of nitrogens with zero attached hydrogens (tertiary/aromatic N) is 4. The summed E-state index contributed by atoms with van der Waals surface area (Å²) in [5.41, 5.74) is 0.417. The van der Waals surface area contributed by atoms with Gasteiger partial charge in [-0.1, -0.05) is 6.07 Å².